The third-order valence-corrected chi connectivity index (χ3v) is 0.250. The van der Waals surface area contributed by atoms with Gasteiger partial charge in [-0.1, -0.05) is 0 Å². The van der Waals surface area contributed by atoms with Crippen molar-refractivity contribution in [2.24, 2.45) is 5.84 Å². The Bertz CT molecular complexity index is 69.4. The van der Waals surface area contributed by atoms with E-state index in [1.54, 1.807) is 0 Å². The minimum absolute atomic E-state index is 0.623. The van der Waals surface area contributed by atoms with Crippen molar-refractivity contribution < 1.29 is 4.11 Å². The third-order valence-electron chi connectivity index (χ3n) is 0.250. The average molecular weight is 77.1 g/mol. The SMILES string of the molecule is [2H]C([2H])([2H])C(C)NN. The molecule has 0 saturated carbocycles. The van der Waals surface area contributed by atoms with Crippen LogP contribution in [-0.2, 0) is 0 Å². The van der Waals surface area contributed by atoms with E-state index in [4.69, 9.17) is 9.95 Å². The molecular formula is C3H10N2. The molecule has 0 aliphatic rings. The lowest BCUT2D eigenvalue weighted by atomic mass is 10.4. The van der Waals surface area contributed by atoms with Crippen molar-refractivity contribution in [3.05, 3.63) is 0 Å². The zero-order chi connectivity index (χ0) is 6.78. The Labute approximate surface area is 36.5 Å². The van der Waals surface area contributed by atoms with E-state index >= 15 is 0 Å². The van der Waals surface area contributed by atoms with Crippen molar-refractivity contribution in [3.8, 4) is 0 Å². The van der Waals surface area contributed by atoms with Crippen LogP contribution in [0.4, 0.5) is 0 Å². The molecule has 32 valence electrons. The van der Waals surface area contributed by atoms with Gasteiger partial charge < -0.3 is 0 Å². The van der Waals surface area contributed by atoms with Crippen LogP contribution in [-0.4, -0.2) is 6.04 Å². The van der Waals surface area contributed by atoms with Crippen LogP contribution in [0.1, 0.15) is 17.9 Å². The summed E-state index contributed by atoms with van der Waals surface area (Å²) >= 11 is 0. The predicted molar refractivity (Wildman–Crippen MR) is 22.5 cm³/mol. The first kappa shape index (κ1) is 1.58. The number of hydrogen-bond acceptors (Lipinski definition) is 2. The van der Waals surface area contributed by atoms with Gasteiger partial charge in [0.2, 0.25) is 0 Å². The summed E-state index contributed by atoms with van der Waals surface area (Å²) in [6.07, 6.45) is 0. The van der Waals surface area contributed by atoms with E-state index in [2.05, 4.69) is 5.43 Å². The maximum Gasteiger partial charge on any atom is 0.0247 e. The van der Waals surface area contributed by atoms with E-state index in [0.717, 1.165) is 0 Å². The second kappa shape index (κ2) is 2.18. The van der Waals surface area contributed by atoms with Crippen LogP contribution >= 0.6 is 0 Å². The van der Waals surface area contributed by atoms with Crippen LogP contribution in [0.2, 0.25) is 0 Å². The van der Waals surface area contributed by atoms with E-state index in [9.17, 15) is 0 Å². The van der Waals surface area contributed by atoms with E-state index < -0.39 is 12.9 Å². The molecule has 0 aromatic carbocycles. The van der Waals surface area contributed by atoms with Gasteiger partial charge in [-0.05, 0) is 13.8 Å². The predicted octanol–water partition coefficient (Wildman–Crippen LogP) is -0.142. The summed E-state index contributed by atoms with van der Waals surface area (Å²) in [5.74, 6) is 4.85. The number of hydrogen-bond donors (Lipinski definition) is 2. The molecule has 2 nitrogen and oxygen atoms in total. The number of rotatable bonds is 1. The Morgan fingerprint density at radius 3 is 2.80 bits per heavy atom. The highest BCUT2D eigenvalue weighted by molar-refractivity contribution is 4.38. The minimum Gasteiger partial charge on any atom is -0.271 e. The molecule has 3 N–H and O–H groups in total. The Morgan fingerprint density at radius 1 is 2.20 bits per heavy atom. The van der Waals surface area contributed by atoms with Gasteiger partial charge in [0.25, 0.3) is 0 Å². The molecule has 0 aliphatic heterocycles. The van der Waals surface area contributed by atoms with Gasteiger partial charge in [-0.25, -0.2) is 0 Å². The molecule has 0 aromatic rings. The van der Waals surface area contributed by atoms with Crippen LogP contribution < -0.4 is 11.3 Å². The highest BCUT2D eigenvalue weighted by Crippen LogP contribution is 1.64. The largest absolute Gasteiger partial charge is 0.271 e. The Kier molecular flexibility index (Phi) is 0.687. The van der Waals surface area contributed by atoms with Crippen molar-refractivity contribution in [2.45, 2.75) is 19.8 Å². The van der Waals surface area contributed by atoms with Gasteiger partial charge in [0.15, 0.2) is 0 Å². The zero-order valence-corrected chi connectivity index (χ0v) is 3.15. The molecule has 0 heterocycles. The highest BCUT2D eigenvalue weighted by Gasteiger charge is 1.77. The maximum absolute atomic E-state index is 6.73. The fraction of sp³-hybridized carbons (Fsp3) is 1.00. The van der Waals surface area contributed by atoms with Crippen LogP contribution in [0.5, 0.6) is 0 Å². The number of hydrazine groups is 1. The Balaban J connectivity index is 3.62. The van der Waals surface area contributed by atoms with Crippen molar-refractivity contribution in [1.82, 2.24) is 5.43 Å². The minimum atomic E-state index is -1.98. The molecule has 0 aliphatic carbocycles. The monoisotopic (exact) mass is 77.1 g/mol. The first-order valence-electron chi connectivity index (χ1n) is 2.94. The molecule has 1 atom stereocenters. The average Bonchev–Trinajstić information content (AvgIpc) is 1.62. The van der Waals surface area contributed by atoms with Gasteiger partial charge in [0.05, 0.1) is 0 Å². The summed E-state index contributed by atoms with van der Waals surface area (Å²) in [5, 5.41) is 0. The van der Waals surface area contributed by atoms with Crippen LogP contribution in [0.25, 0.3) is 0 Å². The summed E-state index contributed by atoms with van der Waals surface area (Å²) in [4.78, 5) is 0. The molecule has 5 heavy (non-hydrogen) atoms. The van der Waals surface area contributed by atoms with E-state index in [1.165, 1.54) is 6.92 Å². The molecule has 1 unspecified atom stereocenters. The first-order valence-corrected chi connectivity index (χ1v) is 1.44. The van der Waals surface area contributed by atoms with Gasteiger partial charge in [0.1, 0.15) is 0 Å². The van der Waals surface area contributed by atoms with Crippen molar-refractivity contribution in [3.63, 3.8) is 0 Å². The highest BCUT2D eigenvalue weighted by atomic mass is 15.2. The van der Waals surface area contributed by atoms with Crippen molar-refractivity contribution in [1.29, 1.82) is 0 Å². The lowest BCUT2D eigenvalue weighted by Gasteiger charge is -1.95. The Hall–Kier alpha value is -0.0800. The second-order valence-electron chi connectivity index (χ2n) is 0.888. The quantitative estimate of drug-likeness (QED) is 0.337. The summed E-state index contributed by atoms with van der Waals surface area (Å²) in [6, 6.07) is -0.623. The van der Waals surface area contributed by atoms with Gasteiger partial charge >= 0.3 is 0 Å². The number of nitrogens with two attached hydrogens (primary N) is 1. The standard InChI is InChI=1S/C3H10N2/c1-3(2)5-4/h3,5H,4H2,1-2H3/i1D3. The van der Waals surface area contributed by atoms with E-state index in [-0.39, 0.29) is 0 Å². The molecule has 0 aromatic heterocycles. The summed E-state index contributed by atoms with van der Waals surface area (Å²) in [6.45, 7) is -0.470. The summed E-state index contributed by atoms with van der Waals surface area (Å²) < 4.78 is 20.2. The van der Waals surface area contributed by atoms with Gasteiger partial charge in [-0.3, -0.25) is 11.3 Å². The fourth-order valence-electron chi connectivity index (χ4n) is 0. The maximum atomic E-state index is 6.73. The third kappa shape index (κ3) is 3.92. The van der Waals surface area contributed by atoms with E-state index in [0.29, 0.717) is 0 Å². The normalized spacial score (nSPS) is 26.4. The van der Waals surface area contributed by atoms with Crippen molar-refractivity contribution in [2.75, 3.05) is 0 Å². The van der Waals surface area contributed by atoms with Crippen LogP contribution in [0, 0.1) is 0 Å². The van der Waals surface area contributed by atoms with Crippen molar-refractivity contribution >= 4 is 0 Å². The molecular weight excluding hydrogens is 64.0 g/mol. The van der Waals surface area contributed by atoms with Gasteiger partial charge in [0, 0.05) is 10.2 Å². The molecule has 0 amide bonds. The lowest BCUT2D eigenvalue weighted by Crippen LogP contribution is -2.29. The smallest absolute Gasteiger partial charge is 0.0247 e. The molecule has 2 heteroatoms. The molecule has 0 fully saturated rings. The number of nitrogens with one attached hydrogen (secondary N) is 1. The molecule has 0 radical (unpaired) electrons. The van der Waals surface area contributed by atoms with Gasteiger partial charge in [-0.15, -0.1) is 0 Å². The second-order valence-corrected chi connectivity index (χ2v) is 0.888. The molecule has 0 saturated heterocycles. The molecule has 0 bridgehead atoms. The summed E-state index contributed by atoms with van der Waals surface area (Å²) in [5.41, 5.74) is 2.14. The first-order chi connectivity index (χ1) is 3.48. The summed E-state index contributed by atoms with van der Waals surface area (Å²) in [7, 11) is 0. The topological polar surface area (TPSA) is 38.0 Å². The molecule has 0 spiro atoms. The van der Waals surface area contributed by atoms with E-state index in [1.807, 2.05) is 0 Å². The lowest BCUT2D eigenvalue weighted by molar-refractivity contribution is 0.617. The van der Waals surface area contributed by atoms with Gasteiger partial charge in [-0.2, -0.15) is 0 Å². The fourth-order valence-corrected chi connectivity index (χ4v) is 0. The zero-order valence-electron chi connectivity index (χ0n) is 6.15. The van der Waals surface area contributed by atoms with Crippen LogP contribution in [0.3, 0.4) is 0 Å². The van der Waals surface area contributed by atoms with Crippen LogP contribution in [0.15, 0.2) is 0 Å². The Morgan fingerprint density at radius 2 is 2.80 bits per heavy atom. The molecule has 0 rings (SSSR count).